The number of hydrogen-bond donors (Lipinski definition) is 1. The van der Waals surface area contributed by atoms with Gasteiger partial charge in [0, 0.05) is 11.3 Å². The Labute approximate surface area is 81.8 Å². The van der Waals surface area contributed by atoms with Gasteiger partial charge in [0.1, 0.15) is 0 Å². The quantitative estimate of drug-likeness (QED) is 0.798. The van der Waals surface area contributed by atoms with Crippen LogP contribution in [0.25, 0.3) is 0 Å². The van der Waals surface area contributed by atoms with Crippen molar-refractivity contribution >= 4 is 17.1 Å². The third-order valence-electron chi connectivity index (χ3n) is 2.72. The van der Waals surface area contributed by atoms with E-state index in [1.165, 1.54) is 0 Å². The number of thiophene rings is 1. The van der Waals surface area contributed by atoms with Gasteiger partial charge in [0.15, 0.2) is 5.78 Å². The number of carbonyl (C=O) groups is 1. The van der Waals surface area contributed by atoms with Crippen LogP contribution in [-0.2, 0) is 11.2 Å². The maximum atomic E-state index is 11.7. The molecule has 2 nitrogen and oxygen atoms in total. The normalized spacial score (nSPS) is 19.5. The van der Waals surface area contributed by atoms with Gasteiger partial charge in [0.05, 0.1) is 5.54 Å². The number of carbonyl (C=O) groups excluding carboxylic acids is 1. The maximum absolute atomic E-state index is 11.7. The third kappa shape index (κ3) is 1.67. The lowest BCUT2D eigenvalue weighted by Gasteiger charge is -2.36. The molecule has 13 heavy (non-hydrogen) atoms. The van der Waals surface area contributed by atoms with Gasteiger partial charge in [0.25, 0.3) is 0 Å². The molecule has 1 saturated carbocycles. The van der Waals surface area contributed by atoms with E-state index in [1.54, 1.807) is 11.3 Å². The van der Waals surface area contributed by atoms with Crippen LogP contribution < -0.4 is 5.73 Å². The molecule has 0 spiro atoms. The summed E-state index contributed by atoms with van der Waals surface area (Å²) in [6.45, 7) is 0. The van der Waals surface area contributed by atoms with Crippen molar-refractivity contribution in [1.82, 2.24) is 0 Å². The lowest BCUT2D eigenvalue weighted by atomic mass is 9.73. The van der Waals surface area contributed by atoms with Crippen molar-refractivity contribution in [2.24, 2.45) is 5.73 Å². The van der Waals surface area contributed by atoms with Crippen molar-refractivity contribution in [2.45, 2.75) is 31.2 Å². The molecule has 70 valence electrons. The zero-order valence-corrected chi connectivity index (χ0v) is 8.27. The second kappa shape index (κ2) is 3.24. The Morgan fingerprint density at radius 1 is 1.62 bits per heavy atom. The van der Waals surface area contributed by atoms with Crippen molar-refractivity contribution in [1.29, 1.82) is 0 Å². The molecule has 0 saturated heterocycles. The summed E-state index contributed by atoms with van der Waals surface area (Å²) in [7, 11) is 0. The summed E-state index contributed by atoms with van der Waals surface area (Å²) < 4.78 is 0. The van der Waals surface area contributed by atoms with E-state index in [0.29, 0.717) is 6.42 Å². The van der Waals surface area contributed by atoms with Gasteiger partial charge in [-0.25, -0.2) is 0 Å². The van der Waals surface area contributed by atoms with Gasteiger partial charge in [-0.3, -0.25) is 4.79 Å². The van der Waals surface area contributed by atoms with Crippen LogP contribution in [0.5, 0.6) is 0 Å². The fourth-order valence-corrected chi connectivity index (χ4v) is 2.29. The zero-order chi connectivity index (χ0) is 9.31. The van der Waals surface area contributed by atoms with Crippen LogP contribution >= 0.6 is 11.3 Å². The summed E-state index contributed by atoms with van der Waals surface area (Å²) in [5.41, 5.74) is 5.44. The van der Waals surface area contributed by atoms with Crippen LogP contribution in [0.2, 0.25) is 0 Å². The Morgan fingerprint density at radius 3 is 2.85 bits per heavy atom. The Bertz CT molecular complexity index is 301. The first-order chi connectivity index (χ1) is 6.21. The van der Waals surface area contributed by atoms with Crippen LogP contribution in [0.4, 0.5) is 0 Å². The molecule has 0 radical (unpaired) electrons. The minimum atomic E-state index is -0.482. The van der Waals surface area contributed by atoms with Gasteiger partial charge < -0.3 is 5.73 Å². The summed E-state index contributed by atoms with van der Waals surface area (Å²) in [4.78, 5) is 12.8. The molecule has 0 atom stereocenters. The molecule has 1 fully saturated rings. The SMILES string of the molecule is NC1(C(=O)Cc2cccs2)CCC1. The lowest BCUT2D eigenvalue weighted by molar-refractivity contribution is -0.126. The van der Waals surface area contributed by atoms with Crippen molar-refractivity contribution in [3.8, 4) is 0 Å². The summed E-state index contributed by atoms with van der Waals surface area (Å²) in [5.74, 6) is 0.209. The van der Waals surface area contributed by atoms with E-state index in [0.717, 1.165) is 24.1 Å². The first-order valence-electron chi connectivity index (χ1n) is 4.55. The second-order valence-electron chi connectivity index (χ2n) is 3.69. The van der Waals surface area contributed by atoms with E-state index in [1.807, 2.05) is 17.5 Å². The van der Waals surface area contributed by atoms with Crippen molar-refractivity contribution < 1.29 is 4.79 Å². The highest BCUT2D eigenvalue weighted by Gasteiger charge is 2.39. The topological polar surface area (TPSA) is 43.1 Å². The summed E-state index contributed by atoms with van der Waals surface area (Å²) in [6.07, 6.45) is 3.37. The molecule has 3 heteroatoms. The molecule has 1 aliphatic rings. The summed E-state index contributed by atoms with van der Waals surface area (Å²) in [6, 6.07) is 3.96. The molecular formula is C10H13NOS. The Hall–Kier alpha value is -0.670. The zero-order valence-electron chi connectivity index (χ0n) is 7.45. The van der Waals surface area contributed by atoms with Gasteiger partial charge >= 0.3 is 0 Å². The van der Waals surface area contributed by atoms with Gasteiger partial charge in [-0.2, -0.15) is 0 Å². The number of nitrogens with two attached hydrogens (primary N) is 1. The van der Waals surface area contributed by atoms with Crippen molar-refractivity contribution in [3.05, 3.63) is 22.4 Å². The van der Waals surface area contributed by atoms with Crippen LogP contribution in [0.3, 0.4) is 0 Å². The Balaban J connectivity index is 1.99. The highest BCUT2D eigenvalue weighted by atomic mass is 32.1. The van der Waals surface area contributed by atoms with Crippen LogP contribution in [-0.4, -0.2) is 11.3 Å². The van der Waals surface area contributed by atoms with Gasteiger partial charge in [-0.15, -0.1) is 11.3 Å². The standard InChI is InChI=1S/C10H13NOS/c11-10(4-2-5-10)9(12)7-8-3-1-6-13-8/h1,3,6H,2,4-5,7,11H2. The predicted octanol–water partition coefficient (Wildman–Crippen LogP) is 1.74. The molecular weight excluding hydrogens is 182 g/mol. The molecule has 0 unspecified atom stereocenters. The molecule has 0 bridgehead atoms. The van der Waals surface area contributed by atoms with E-state index in [9.17, 15) is 4.79 Å². The first-order valence-corrected chi connectivity index (χ1v) is 5.43. The lowest BCUT2D eigenvalue weighted by Crippen LogP contribution is -2.54. The molecule has 1 heterocycles. The van der Waals surface area contributed by atoms with Crippen molar-refractivity contribution in [2.75, 3.05) is 0 Å². The molecule has 1 aromatic rings. The first kappa shape index (κ1) is 8.91. The average Bonchev–Trinajstić information content (AvgIpc) is 2.52. The number of Topliss-reactive ketones (excluding diaryl/α,β-unsaturated/α-hetero) is 1. The molecule has 0 amide bonds. The molecule has 1 aromatic heterocycles. The van der Waals surface area contributed by atoms with Gasteiger partial charge in [0.2, 0.25) is 0 Å². The molecule has 1 aliphatic carbocycles. The van der Waals surface area contributed by atoms with Crippen molar-refractivity contribution in [3.63, 3.8) is 0 Å². The highest BCUT2D eigenvalue weighted by molar-refractivity contribution is 7.10. The van der Waals surface area contributed by atoms with E-state index >= 15 is 0 Å². The number of hydrogen-bond acceptors (Lipinski definition) is 3. The Morgan fingerprint density at radius 2 is 2.38 bits per heavy atom. The number of rotatable bonds is 3. The molecule has 0 aliphatic heterocycles. The van der Waals surface area contributed by atoms with E-state index in [-0.39, 0.29) is 5.78 Å². The summed E-state index contributed by atoms with van der Waals surface area (Å²) >= 11 is 1.63. The summed E-state index contributed by atoms with van der Waals surface area (Å²) in [5, 5.41) is 1.99. The van der Waals surface area contributed by atoms with Crippen LogP contribution in [0.15, 0.2) is 17.5 Å². The van der Waals surface area contributed by atoms with Gasteiger partial charge in [-0.05, 0) is 30.7 Å². The monoisotopic (exact) mass is 195 g/mol. The molecule has 2 rings (SSSR count). The van der Waals surface area contributed by atoms with E-state index in [2.05, 4.69) is 0 Å². The van der Waals surface area contributed by atoms with E-state index < -0.39 is 5.54 Å². The number of ketones is 1. The minimum Gasteiger partial charge on any atom is -0.319 e. The Kier molecular flexibility index (Phi) is 2.22. The molecule has 2 N–H and O–H groups in total. The largest absolute Gasteiger partial charge is 0.319 e. The fourth-order valence-electron chi connectivity index (χ4n) is 1.58. The fraction of sp³-hybridized carbons (Fsp3) is 0.500. The smallest absolute Gasteiger partial charge is 0.157 e. The highest BCUT2D eigenvalue weighted by Crippen LogP contribution is 2.31. The van der Waals surface area contributed by atoms with Crippen LogP contribution in [0, 0.1) is 0 Å². The predicted molar refractivity (Wildman–Crippen MR) is 53.8 cm³/mol. The molecule has 0 aromatic carbocycles. The maximum Gasteiger partial charge on any atom is 0.157 e. The van der Waals surface area contributed by atoms with Crippen LogP contribution in [0.1, 0.15) is 24.1 Å². The average molecular weight is 195 g/mol. The van der Waals surface area contributed by atoms with Gasteiger partial charge in [-0.1, -0.05) is 6.07 Å². The second-order valence-corrected chi connectivity index (χ2v) is 4.72. The van der Waals surface area contributed by atoms with E-state index in [4.69, 9.17) is 5.73 Å². The minimum absolute atomic E-state index is 0.209. The third-order valence-corrected chi connectivity index (χ3v) is 3.59.